The van der Waals surface area contributed by atoms with Gasteiger partial charge in [-0.05, 0) is 129 Å². The van der Waals surface area contributed by atoms with Crippen molar-refractivity contribution in [3.05, 3.63) is 65.5 Å². The van der Waals surface area contributed by atoms with Crippen LogP contribution in [0, 0.1) is 23.1 Å². The van der Waals surface area contributed by atoms with Gasteiger partial charge in [-0.2, -0.15) is 28.2 Å². The minimum absolute atomic E-state index is 0.0779. The molecule has 3 fully saturated rings. The van der Waals surface area contributed by atoms with Gasteiger partial charge in [-0.3, -0.25) is 14.9 Å². The molecule has 2 atom stereocenters. The molecule has 3 aliphatic rings. The average Bonchev–Trinajstić information content (AvgIpc) is 4.04. The number of alkyl halides is 3. The summed E-state index contributed by atoms with van der Waals surface area (Å²) in [6, 6.07) is 7.40. The number of aromatic nitrogens is 5. The Balaban J connectivity index is 1.31. The SMILES string of the molecule is CC(C)[Si](C#Cc1c(F)ccc2cc(O[Si](C(C)C)(C(C)C)C(C)C)cc(-c3ncc4c(N5CCCCCN5C(=O)OC(C)(C)C)nc(OCC56CCCN5C(COc5cc(C(F)(F)F)cnn5)CC6)nc4c3F)c12)(C(C)C)C(C)C. The maximum absolute atomic E-state index is 18.7. The van der Waals surface area contributed by atoms with Crippen molar-refractivity contribution in [1.82, 2.24) is 35.1 Å². The normalized spacial score (nSPS) is 18.7. The van der Waals surface area contributed by atoms with Crippen molar-refractivity contribution in [2.45, 2.75) is 205 Å². The highest BCUT2D eigenvalue weighted by Gasteiger charge is 2.51. The van der Waals surface area contributed by atoms with Crippen LogP contribution in [0.25, 0.3) is 32.9 Å². The number of hydrogen-bond donors (Lipinski definition) is 0. The third kappa shape index (κ3) is 12.2. The Morgan fingerprint density at radius 3 is 2.12 bits per heavy atom. The zero-order valence-electron chi connectivity index (χ0n) is 50.1. The van der Waals surface area contributed by atoms with Gasteiger partial charge in [-0.1, -0.05) is 95.1 Å². The molecule has 0 radical (unpaired) electrons. The largest absolute Gasteiger partial charge is 0.543 e. The number of benzene rings is 2. The Kier molecular flexibility index (Phi) is 18.1. The fourth-order valence-corrected chi connectivity index (χ4v) is 24.3. The smallest absolute Gasteiger partial charge is 0.429 e. The molecular weight excluding hydrogens is 1080 g/mol. The van der Waals surface area contributed by atoms with Crippen molar-refractivity contribution in [3.63, 3.8) is 0 Å². The van der Waals surface area contributed by atoms with Gasteiger partial charge in [0.2, 0.25) is 5.88 Å². The quantitative estimate of drug-likeness (QED) is 0.0530. The maximum atomic E-state index is 18.7. The summed E-state index contributed by atoms with van der Waals surface area (Å²) in [5.41, 5.74) is 3.05. The molecule has 3 aromatic heterocycles. The van der Waals surface area contributed by atoms with Crippen LogP contribution in [0.3, 0.4) is 0 Å². The van der Waals surface area contributed by atoms with E-state index in [1.54, 1.807) is 37.9 Å². The fourth-order valence-electron chi connectivity index (χ4n) is 13.8. The molecule has 2 unspecified atom stereocenters. The maximum Gasteiger partial charge on any atom is 0.429 e. The molecule has 440 valence electrons. The number of ether oxygens (including phenoxy) is 3. The third-order valence-electron chi connectivity index (χ3n) is 17.5. The van der Waals surface area contributed by atoms with Crippen LogP contribution in [0.4, 0.5) is 32.6 Å². The van der Waals surface area contributed by atoms with E-state index in [0.717, 1.165) is 25.3 Å². The van der Waals surface area contributed by atoms with Crippen molar-refractivity contribution >= 4 is 50.0 Å². The monoisotopic (exact) mass is 1160 g/mol. The van der Waals surface area contributed by atoms with E-state index in [2.05, 4.69) is 110 Å². The van der Waals surface area contributed by atoms with Gasteiger partial charge in [-0.15, -0.1) is 10.6 Å². The molecule has 5 aromatic rings. The minimum atomic E-state index is -4.60. The van der Waals surface area contributed by atoms with E-state index < -0.39 is 57.0 Å². The van der Waals surface area contributed by atoms with Gasteiger partial charge in [-0.25, -0.2) is 18.6 Å². The lowest BCUT2D eigenvalue weighted by Crippen LogP contribution is -2.50. The molecule has 20 heteroatoms. The second-order valence-electron chi connectivity index (χ2n) is 25.5. The number of anilines is 1. The topological polar surface area (TPSA) is 128 Å². The second-order valence-corrected chi connectivity index (χ2v) is 36.4. The first-order valence-electron chi connectivity index (χ1n) is 29.1. The van der Waals surface area contributed by atoms with Gasteiger partial charge in [0.1, 0.15) is 49.7 Å². The van der Waals surface area contributed by atoms with Gasteiger partial charge >= 0.3 is 18.3 Å². The summed E-state index contributed by atoms with van der Waals surface area (Å²) in [4.78, 5) is 31.3. The summed E-state index contributed by atoms with van der Waals surface area (Å²) in [5.74, 6) is 2.57. The molecule has 1 amide bonds. The number of halogens is 5. The molecular formula is C61H83F5N8O5Si2. The van der Waals surface area contributed by atoms with E-state index in [9.17, 15) is 18.0 Å². The Bertz CT molecular complexity index is 3120. The van der Waals surface area contributed by atoms with E-state index in [-0.39, 0.29) is 92.4 Å². The average molecular weight is 1160 g/mol. The predicted octanol–water partition coefficient (Wildman–Crippen LogP) is 15.7. The summed E-state index contributed by atoms with van der Waals surface area (Å²) < 4.78 is 102. The lowest BCUT2D eigenvalue weighted by atomic mass is 9.95. The van der Waals surface area contributed by atoms with Crippen LogP contribution in [0.2, 0.25) is 33.2 Å². The molecule has 0 saturated carbocycles. The van der Waals surface area contributed by atoms with E-state index in [1.807, 2.05) is 6.07 Å². The summed E-state index contributed by atoms with van der Waals surface area (Å²) in [7, 11) is -5.04. The standard InChI is InChI=1S/C61H83F5N8O5Si2/c1-37(2)80(38(3)4,39(5)6)29-23-47-50(62)21-20-43-30-46(79-81(40(7)8,41(9)10)42(11)12)32-48(52(43)47)54-53(63)55-49(34-67-54)56(73-27-17-16-18-28-74(73)58(75)78-59(13,14)15)70-57(69-55)77-36-60-24-19-26-72(60)45(22-25-60)35-76-51-31-44(33-68-71-51)61(64,65)66/h20-21,30-34,37-42,45H,16-19,22,24-28,35-36H2,1-15H3. The summed E-state index contributed by atoms with van der Waals surface area (Å²) >= 11 is 0. The molecule has 0 N–H and O–H groups in total. The van der Waals surface area contributed by atoms with E-state index in [0.29, 0.717) is 73.6 Å². The minimum Gasteiger partial charge on any atom is -0.543 e. The van der Waals surface area contributed by atoms with Crippen LogP contribution in [0.15, 0.2) is 42.7 Å². The Hall–Kier alpha value is -5.66. The van der Waals surface area contributed by atoms with Crippen molar-refractivity contribution in [1.29, 1.82) is 0 Å². The first-order valence-corrected chi connectivity index (χ1v) is 33.5. The molecule has 6 heterocycles. The highest BCUT2D eigenvalue weighted by Crippen LogP contribution is 2.48. The number of hydrazine groups is 1. The van der Waals surface area contributed by atoms with Gasteiger partial charge in [0.15, 0.2) is 11.6 Å². The number of pyridine rings is 1. The van der Waals surface area contributed by atoms with Crippen LogP contribution in [0.5, 0.6) is 17.6 Å². The number of hydrogen-bond acceptors (Lipinski definition) is 12. The van der Waals surface area contributed by atoms with Crippen molar-refractivity contribution in [2.24, 2.45) is 0 Å². The van der Waals surface area contributed by atoms with E-state index in [1.165, 1.54) is 17.3 Å². The van der Waals surface area contributed by atoms with Crippen molar-refractivity contribution in [3.8, 4) is 40.4 Å². The molecule has 81 heavy (non-hydrogen) atoms. The molecule has 0 bridgehead atoms. The predicted molar refractivity (Wildman–Crippen MR) is 314 cm³/mol. The van der Waals surface area contributed by atoms with Crippen LogP contribution >= 0.6 is 0 Å². The lowest BCUT2D eigenvalue weighted by molar-refractivity contribution is -0.138. The van der Waals surface area contributed by atoms with Crippen LogP contribution in [-0.4, -0.2) is 108 Å². The van der Waals surface area contributed by atoms with E-state index in [4.69, 9.17) is 33.6 Å². The van der Waals surface area contributed by atoms with Crippen LogP contribution in [-0.2, 0) is 10.9 Å². The summed E-state index contributed by atoms with van der Waals surface area (Å²) in [6.07, 6.45) is 2.05. The number of amides is 1. The first-order chi connectivity index (χ1) is 38.0. The number of fused-ring (bicyclic) bond motifs is 3. The summed E-state index contributed by atoms with van der Waals surface area (Å²) in [6.45, 7) is 33.3. The zero-order valence-corrected chi connectivity index (χ0v) is 52.1. The van der Waals surface area contributed by atoms with Gasteiger partial charge in [0.25, 0.3) is 8.32 Å². The number of carbonyl (C=O) groups is 1. The Morgan fingerprint density at radius 2 is 1.48 bits per heavy atom. The molecule has 3 saturated heterocycles. The number of carbonyl (C=O) groups excluding carboxylic acids is 1. The third-order valence-corrected chi connectivity index (χ3v) is 29.8. The fraction of sp³-hybridized carbons (Fsp3) is 0.607. The molecule has 3 aliphatic heterocycles. The van der Waals surface area contributed by atoms with Gasteiger partial charge in [0.05, 0.1) is 28.2 Å². The van der Waals surface area contributed by atoms with E-state index >= 15 is 8.78 Å². The number of rotatable bonds is 16. The first kappa shape index (κ1) is 61.4. The summed E-state index contributed by atoms with van der Waals surface area (Å²) in [5, 5.41) is 11.8. The van der Waals surface area contributed by atoms with Gasteiger partial charge in [0, 0.05) is 42.3 Å². The van der Waals surface area contributed by atoms with Crippen molar-refractivity contribution in [2.75, 3.05) is 37.9 Å². The zero-order chi connectivity index (χ0) is 59.1. The highest BCUT2D eigenvalue weighted by atomic mass is 28.4. The van der Waals surface area contributed by atoms with Gasteiger partial charge < -0.3 is 18.6 Å². The Morgan fingerprint density at radius 1 is 0.802 bits per heavy atom. The molecule has 13 nitrogen and oxygen atoms in total. The lowest BCUT2D eigenvalue weighted by Gasteiger charge is -2.42. The molecule has 0 spiro atoms. The highest BCUT2D eigenvalue weighted by molar-refractivity contribution is 6.90. The second kappa shape index (κ2) is 23.9. The van der Waals surface area contributed by atoms with Crippen LogP contribution < -0.4 is 18.9 Å². The number of nitrogens with zero attached hydrogens (tertiary/aromatic N) is 8. The van der Waals surface area contributed by atoms with Crippen LogP contribution in [0.1, 0.15) is 160 Å². The molecule has 2 aromatic carbocycles. The molecule has 8 rings (SSSR count). The Labute approximate surface area is 477 Å². The van der Waals surface area contributed by atoms with Crippen molar-refractivity contribution < 1.29 is 45.4 Å². The molecule has 0 aliphatic carbocycles.